The zero-order valence-corrected chi connectivity index (χ0v) is 17.8. The fourth-order valence-corrected chi connectivity index (χ4v) is 3.56. The van der Waals surface area contributed by atoms with E-state index in [-0.39, 0.29) is 12.0 Å². The molecular weight excluding hydrogens is 455 g/mol. The van der Waals surface area contributed by atoms with Gasteiger partial charge in [0.2, 0.25) is 17.7 Å². The van der Waals surface area contributed by atoms with Crippen molar-refractivity contribution in [3.8, 4) is 0 Å². The molecule has 0 aromatic heterocycles. The second-order valence-corrected chi connectivity index (χ2v) is 7.88. The highest BCUT2D eigenvalue weighted by molar-refractivity contribution is 5.99. The number of benzene rings is 2. The Bertz CT molecular complexity index is 1080. The first kappa shape index (κ1) is 24.7. The number of carbonyl (C=O) groups excluding carboxylic acids is 3. The van der Waals surface area contributed by atoms with Crippen molar-refractivity contribution in [2.24, 2.45) is 0 Å². The van der Waals surface area contributed by atoms with Gasteiger partial charge >= 0.3 is 12.1 Å². The molecule has 8 nitrogen and oxygen atoms in total. The number of amides is 3. The van der Waals surface area contributed by atoms with E-state index in [1.54, 1.807) is 24.3 Å². The summed E-state index contributed by atoms with van der Waals surface area (Å²) in [5.41, 5.74) is -0.0415. The lowest BCUT2D eigenvalue weighted by atomic mass is 10.00. The van der Waals surface area contributed by atoms with Crippen LogP contribution in [0.1, 0.15) is 23.1 Å². The summed E-state index contributed by atoms with van der Waals surface area (Å²) in [6.45, 7) is 0. The molecule has 34 heavy (non-hydrogen) atoms. The zero-order chi connectivity index (χ0) is 24.9. The lowest BCUT2D eigenvalue weighted by molar-refractivity contribution is -0.142. The van der Waals surface area contributed by atoms with Gasteiger partial charge in [0.1, 0.15) is 18.1 Å². The highest BCUT2D eigenvalue weighted by atomic mass is 19.4. The zero-order valence-electron chi connectivity index (χ0n) is 17.8. The normalized spacial score (nSPS) is 19.0. The molecule has 2 aromatic rings. The minimum absolute atomic E-state index is 0.0648. The molecule has 3 amide bonds. The smallest absolute Gasteiger partial charge is 0.416 e. The van der Waals surface area contributed by atoms with Crippen molar-refractivity contribution in [2.75, 3.05) is 0 Å². The Hall–Kier alpha value is -3.89. The van der Waals surface area contributed by atoms with E-state index in [4.69, 9.17) is 0 Å². The fourth-order valence-electron chi connectivity index (χ4n) is 3.56. The SMILES string of the molecule is O=C(C[C@@H]1NC(=O)[C@H](Cc2ccccc2)NC1=O)N[C@@H](Cc1cccc(C(F)(F)F)c1)C(=O)O. The minimum atomic E-state index is -4.59. The predicted molar refractivity (Wildman–Crippen MR) is 113 cm³/mol. The van der Waals surface area contributed by atoms with Crippen molar-refractivity contribution in [3.63, 3.8) is 0 Å². The maximum atomic E-state index is 12.9. The summed E-state index contributed by atoms with van der Waals surface area (Å²) in [5, 5.41) is 16.6. The lowest BCUT2D eigenvalue weighted by Gasteiger charge is -2.29. The van der Waals surface area contributed by atoms with Crippen LogP contribution in [-0.4, -0.2) is 46.9 Å². The van der Waals surface area contributed by atoms with Crippen molar-refractivity contribution in [2.45, 2.75) is 43.6 Å². The number of nitrogens with one attached hydrogen (secondary N) is 3. The number of carboxylic acid groups (broad SMARTS) is 1. The number of hydrogen-bond acceptors (Lipinski definition) is 4. The molecule has 4 N–H and O–H groups in total. The molecule has 0 aliphatic carbocycles. The van der Waals surface area contributed by atoms with Crippen LogP contribution >= 0.6 is 0 Å². The summed E-state index contributed by atoms with van der Waals surface area (Å²) >= 11 is 0. The summed E-state index contributed by atoms with van der Waals surface area (Å²) in [4.78, 5) is 48.7. The Kier molecular flexibility index (Phi) is 7.54. The maximum Gasteiger partial charge on any atom is 0.416 e. The second-order valence-electron chi connectivity index (χ2n) is 7.88. The van der Waals surface area contributed by atoms with E-state index in [0.29, 0.717) is 0 Å². The van der Waals surface area contributed by atoms with E-state index < -0.39 is 66.4 Å². The van der Waals surface area contributed by atoms with E-state index in [9.17, 15) is 37.5 Å². The molecule has 1 fully saturated rings. The van der Waals surface area contributed by atoms with Gasteiger partial charge < -0.3 is 21.1 Å². The number of carboxylic acids is 1. The summed E-state index contributed by atoms with van der Waals surface area (Å²) in [7, 11) is 0. The Morgan fingerprint density at radius 1 is 0.941 bits per heavy atom. The van der Waals surface area contributed by atoms with Gasteiger partial charge in [-0.1, -0.05) is 48.5 Å². The number of piperazine rings is 1. The van der Waals surface area contributed by atoms with Crippen molar-refractivity contribution in [1.29, 1.82) is 0 Å². The molecule has 1 aliphatic rings. The molecule has 0 bridgehead atoms. The van der Waals surface area contributed by atoms with Gasteiger partial charge in [0, 0.05) is 12.8 Å². The molecule has 1 aliphatic heterocycles. The summed E-state index contributed by atoms with van der Waals surface area (Å²) in [5.74, 6) is -3.38. The average molecular weight is 477 g/mol. The quantitative estimate of drug-likeness (QED) is 0.458. The first-order valence-corrected chi connectivity index (χ1v) is 10.4. The Morgan fingerprint density at radius 3 is 2.21 bits per heavy atom. The number of rotatable bonds is 8. The third-order valence-corrected chi connectivity index (χ3v) is 5.27. The minimum Gasteiger partial charge on any atom is -0.480 e. The van der Waals surface area contributed by atoms with Crippen molar-refractivity contribution in [3.05, 3.63) is 71.3 Å². The van der Waals surface area contributed by atoms with Crippen LogP contribution in [0.3, 0.4) is 0 Å². The molecule has 180 valence electrons. The van der Waals surface area contributed by atoms with Gasteiger partial charge in [-0.25, -0.2) is 4.79 Å². The molecule has 0 saturated carbocycles. The van der Waals surface area contributed by atoms with Crippen LogP contribution in [0.2, 0.25) is 0 Å². The standard InChI is InChI=1S/C23H22F3N3O5/c24-23(25,26)15-8-4-7-14(9-15)11-18(22(33)34)27-19(30)12-17-21(32)28-16(20(31)29-17)10-13-5-2-1-3-6-13/h1-9,16-18H,10-12H2,(H,27,30)(H,28,32)(H,29,31)(H,33,34)/t16-,17-,18-/m0/s1. The Labute approximate surface area is 192 Å². The number of carbonyl (C=O) groups is 4. The van der Waals surface area contributed by atoms with E-state index in [0.717, 1.165) is 23.8 Å². The van der Waals surface area contributed by atoms with Crippen molar-refractivity contribution < 1.29 is 37.5 Å². The number of aliphatic carboxylic acids is 1. The van der Waals surface area contributed by atoms with E-state index in [2.05, 4.69) is 16.0 Å². The topological polar surface area (TPSA) is 125 Å². The molecule has 3 atom stereocenters. The Morgan fingerprint density at radius 2 is 1.56 bits per heavy atom. The molecule has 3 rings (SSSR count). The van der Waals surface area contributed by atoms with Crippen LogP contribution < -0.4 is 16.0 Å². The Balaban J connectivity index is 1.58. The summed E-state index contributed by atoms with van der Waals surface area (Å²) in [6, 6.07) is 9.59. The third-order valence-electron chi connectivity index (χ3n) is 5.27. The van der Waals surface area contributed by atoms with Crippen LogP contribution in [0.25, 0.3) is 0 Å². The molecule has 1 heterocycles. The van der Waals surface area contributed by atoms with Crippen molar-refractivity contribution in [1.82, 2.24) is 16.0 Å². The monoisotopic (exact) mass is 477 g/mol. The van der Waals surface area contributed by atoms with Crippen LogP contribution in [0.15, 0.2) is 54.6 Å². The first-order valence-electron chi connectivity index (χ1n) is 10.4. The maximum absolute atomic E-state index is 12.9. The molecule has 2 aromatic carbocycles. The molecule has 11 heteroatoms. The van der Waals surface area contributed by atoms with Crippen LogP contribution in [0.4, 0.5) is 13.2 Å². The second kappa shape index (κ2) is 10.4. The van der Waals surface area contributed by atoms with E-state index in [1.807, 2.05) is 6.07 Å². The highest BCUT2D eigenvalue weighted by Crippen LogP contribution is 2.29. The van der Waals surface area contributed by atoms with Gasteiger partial charge in [-0.15, -0.1) is 0 Å². The fraction of sp³-hybridized carbons (Fsp3) is 0.304. The number of alkyl halides is 3. The van der Waals surface area contributed by atoms with E-state index in [1.165, 1.54) is 6.07 Å². The molecule has 0 spiro atoms. The lowest BCUT2D eigenvalue weighted by Crippen LogP contribution is -2.63. The molecule has 0 unspecified atom stereocenters. The van der Waals surface area contributed by atoms with Gasteiger partial charge in [-0.05, 0) is 17.2 Å². The van der Waals surface area contributed by atoms with Crippen molar-refractivity contribution >= 4 is 23.7 Å². The summed E-state index contributed by atoms with van der Waals surface area (Å²) in [6.07, 6.45) is -5.26. The molecule has 1 saturated heterocycles. The van der Waals surface area contributed by atoms with Crippen LogP contribution in [0.5, 0.6) is 0 Å². The van der Waals surface area contributed by atoms with Gasteiger partial charge in [-0.3, -0.25) is 14.4 Å². The average Bonchev–Trinajstić information content (AvgIpc) is 2.77. The molecule has 0 radical (unpaired) electrons. The largest absolute Gasteiger partial charge is 0.480 e. The van der Waals surface area contributed by atoms with Crippen LogP contribution in [-0.2, 0) is 38.2 Å². The summed E-state index contributed by atoms with van der Waals surface area (Å²) < 4.78 is 38.7. The number of halogens is 3. The van der Waals surface area contributed by atoms with Gasteiger partial charge in [0.15, 0.2) is 0 Å². The van der Waals surface area contributed by atoms with Gasteiger partial charge in [0.25, 0.3) is 0 Å². The van der Waals surface area contributed by atoms with Gasteiger partial charge in [-0.2, -0.15) is 13.2 Å². The first-order chi connectivity index (χ1) is 16.0. The van der Waals surface area contributed by atoms with Crippen LogP contribution in [0, 0.1) is 0 Å². The van der Waals surface area contributed by atoms with Gasteiger partial charge in [0.05, 0.1) is 12.0 Å². The molecular formula is C23H22F3N3O5. The number of hydrogen-bond donors (Lipinski definition) is 4. The predicted octanol–water partition coefficient (Wildman–Crippen LogP) is 1.43. The van der Waals surface area contributed by atoms with E-state index >= 15 is 0 Å². The highest BCUT2D eigenvalue weighted by Gasteiger charge is 2.35. The third kappa shape index (κ3) is 6.56.